The summed E-state index contributed by atoms with van der Waals surface area (Å²) in [7, 11) is 0. The second-order valence-corrected chi connectivity index (χ2v) is 3.68. The number of hydrogen-bond donors (Lipinski definition) is 0. The lowest BCUT2D eigenvalue weighted by molar-refractivity contribution is -0.151. The molecule has 0 saturated carbocycles. The number of aromatic nitrogens is 1. The number of hydrogen-bond acceptors (Lipinski definition) is 5. The largest absolute Gasteiger partial charge is 0.493 e. The first-order valence-electron chi connectivity index (χ1n) is 6.15. The number of carbonyl (C=O) groups is 2. The summed E-state index contributed by atoms with van der Waals surface area (Å²) in [6.07, 6.45) is 5.13. The van der Waals surface area contributed by atoms with Gasteiger partial charge in [-0.25, -0.2) is 4.79 Å². The molecule has 1 aromatic heterocycles. The first-order valence-corrected chi connectivity index (χ1v) is 6.15. The Balaban J connectivity index is 2.90. The topological polar surface area (TPSA) is 65.5 Å². The minimum absolute atomic E-state index is 0.163. The SMILES string of the molecule is CCCOC(=CC(=O)C(=O)OCC)c1cccnc1. The summed E-state index contributed by atoms with van der Waals surface area (Å²) in [4.78, 5) is 26.9. The Labute approximate surface area is 112 Å². The standard InChI is InChI=1S/C14H17NO4/c1-3-8-19-13(11-6-5-7-15-10-11)9-12(16)14(17)18-4-2/h5-7,9-10H,3-4,8H2,1-2H3. The van der Waals surface area contributed by atoms with Gasteiger partial charge >= 0.3 is 5.97 Å². The highest BCUT2D eigenvalue weighted by atomic mass is 16.5. The third-order valence-corrected chi connectivity index (χ3v) is 2.15. The van der Waals surface area contributed by atoms with Crippen LogP contribution in [0.5, 0.6) is 0 Å². The molecule has 0 aliphatic rings. The van der Waals surface area contributed by atoms with E-state index in [0.717, 1.165) is 12.5 Å². The van der Waals surface area contributed by atoms with Gasteiger partial charge in [0.1, 0.15) is 5.76 Å². The Morgan fingerprint density at radius 2 is 2.11 bits per heavy atom. The van der Waals surface area contributed by atoms with Gasteiger partial charge in [-0.3, -0.25) is 9.78 Å². The van der Waals surface area contributed by atoms with Gasteiger partial charge in [-0.15, -0.1) is 0 Å². The molecule has 0 saturated heterocycles. The minimum atomic E-state index is -0.885. The van der Waals surface area contributed by atoms with E-state index in [2.05, 4.69) is 9.72 Å². The van der Waals surface area contributed by atoms with Gasteiger partial charge in [0, 0.05) is 24.0 Å². The molecule has 0 spiro atoms. The van der Waals surface area contributed by atoms with Crippen molar-refractivity contribution in [2.45, 2.75) is 20.3 Å². The zero-order valence-corrected chi connectivity index (χ0v) is 11.1. The summed E-state index contributed by atoms with van der Waals surface area (Å²) in [5.41, 5.74) is 0.647. The van der Waals surface area contributed by atoms with Crippen LogP contribution in [0.1, 0.15) is 25.8 Å². The summed E-state index contributed by atoms with van der Waals surface area (Å²) in [6.45, 7) is 4.21. The van der Waals surface area contributed by atoms with Crippen molar-refractivity contribution in [1.82, 2.24) is 4.98 Å². The van der Waals surface area contributed by atoms with E-state index in [9.17, 15) is 9.59 Å². The lowest BCUT2D eigenvalue weighted by atomic mass is 10.2. The van der Waals surface area contributed by atoms with Crippen LogP contribution in [0.15, 0.2) is 30.6 Å². The van der Waals surface area contributed by atoms with Gasteiger partial charge in [0.15, 0.2) is 0 Å². The lowest BCUT2D eigenvalue weighted by Crippen LogP contribution is -2.15. The zero-order valence-electron chi connectivity index (χ0n) is 11.1. The van der Waals surface area contributed by atoms with Crippen LogP contribution in [0.2, 0.25) is 0 Å². The Hall–Kier alpha value is -2.17. The van der Waals surface area contributed by atoms with E-state index >= 15 is 0 Å². The average molecular weight is 263 g/mol. The predicted molar refractivity (Wildman–Crippen MR) is 70.1 cm³/mol. The molecule has 0 bridgehead atoms. The van der Waals surface area contributed by atoms with Crippen molar-refractivity contribution in [1.29, 1.82) is 0 Å². The molecule has 0 amide bonds. The normalized spacial score (nSPS) is 10.9. The van der Waals surface area contributed by atoms with Gasteiger partial charge < -0.3 is 9.47 Å². The summed E-state index contributed by atoms with van der Waals surface area (Å²) < 4.78 is 10.1. The van der Waals surface area contributed by atoms with Crippen LogP contribution >= 0.6 is 0 Å². The van der Waals surface area contributed by atoms with Crippen LogP contribution in [0.3, 0.4) is 0 Å². The minimum Gasteiger partial charge on any atom is -0.493 e. The fourth-order valence-electron chi connectivity index (χ4n) is 1.31. The van der Waals surface area contributed by atoms with Crippen LogP contribution in [0, 0.1) is 0 Å². The Morgan fingerprint density at radius 3 is 2.68 bits per heavy atom. The summed E-state index contributed by atoms with van der Waals surface area (Å²) in [5, 5.41) is 0. The summed E-state index contributed by atoms with van der Waals surface area (Å²) >= 11 is 0. The van der Waals surface area contributed by atoms with Crippen LogP contribution < -0.4 is 0 Å². The maximum absolute atomic E-state index is 11.6. The molecule has 0 aromatic carbocycles. The van der Waals surface area contributed by atoms with E-state index in [4.69, 9.17) is 4.74 Å². The highest BCUT2D eigenvalue weighted by molar-refractivity contribution is 6.39. The average Bonchev–Trinajstić information content (AvgIpc) is 2.44. The Bertz CT molecular complexity index is 454. The number of carbonyl (C=O) groups excluding carboxylic acids is 2. The van der Waals surface area contributed by atoms with Crippen molar-refractivity contribution >= 4 is 17.5 Å². The van der Waals surface area contributed by atoms with Crippen molar-refractivity contribution in [3.8, 4) is 0 Å². The van der Waals surface area contributed by atoms with Crippen LogP contribution in [0.4, 0.5) is 0 Å². The number of pyridine rings is 1. The van der Waals surface area contributed by atoms with Crippen molar-refractivity contribution in [3.05, 3.63) is 36.2 Å². The first kappa shape index (κ1) is 14.9. The van der Waals surface area contributed by atoms with Crippen LogP contribution in [-0.4, -0.2) is 30.0 Å². The van der Waals surface area contributed by atoms with Crippen molar-refractivity contribution < 1.29 is 19.1 Å². The van der Waals surface area contributed by atoms with Gasteiger partial charge in [-0.05, 0) is 25.5 Å². The number of nitrogens with zero attached hydrogens (tertiary/aromatic N) is 1. The van der Waals surface area contributed by atoms with Crippen LogP contribution in [0.25, 0.3) is 5.76 Å². The third kappa shape index (κ3) is 4.91. The van der Waals surface area contributed by atoms with E-state index in [1.54, 1.807) is 31.5 Å². The molecule has 5 nitrogen and oxygen atoms in total. The molecular formula is C14H17NO4. The molecule has 0 atom stereocenters. The molecule has 0 aliphatic heterocycles. The number of rotatable bonds is 7. The molecule has 19 heavy (non-hydrogen) atoms. The molecule has 5 heteroatoms. The zero-order chi connectivity index (χ0) is 14.1. The quantitative estimate of drug-likeness (QED) is 0.326. The highest BCUT2D eigenvalue weighted by Crippen LogP contribution is 2.15. The van der Waals surface area contributed by atoms with E-state index in [0.29, 0.717) is 17.9 Å². The first-order chi connectivity index (χ1) is 9.19. The molecular weight excluding hydrogens is 246 g/mol. The van der Waals surface area contributed by atoms with Gasteiger partial charge in [-0.2, -0.15) is 0 Å². The number of esters is 1. The molecule has 1 aromatic rings. The van der Waals surface area contributed by atoms with E-state index in [1.165, 1.54) is 0 Å². The van der Waals surface area contributed by atoms with Gasteiger partial charge in [0.05, 0.1) is 13.2 Å². The molecule has 0 fully saturated rings. The second-order valence-electron chi connectivity index (χ2n) is 3.68. The maximum Gasteiger partial charge on any atom is 0.379 e. The van der Waals surface area contributed by atoms with Crippen LogP contribution in [-0.2, 0) is 19.1 Å². The number of ketones is 1. The highest BCUT2D eigenvalue weighted by Gasteiger charge is 2.15. The molecule has 1 heterocycles. The molecule has 0 unspecified atom stereocenters. The fraction of sp³-hybridized carbons (Fsp3) is 0.357. The Kier molecular flexibility index (Phi) is 6.29. The smallest absolute Gasteiger partial charge is 0.379 e. The van der Waals surface area contributed by atoms with E-state index in [-0.39, 0.29) is 6.61 Å². The van der Waals surface area contributed by atoms with E-state index in [1.807, 2.05) is 6.92 Å². The summed E-state index contributed by atoms with van der Waals surface area (Å²) in [6, 6.07) is 3.49. The molecule has 0 radical (unpaired) electrons. The van der Waals surface area contributed by atoms with Crippen molar-refractivity contribution in [2.75, 3.05) is 13.2 Å². The summed E-state index contributed by atoms with van der Waals surface area (Å²) in [5.74, 6) is -1.30. The monoisotopic (exact) mass is 263 g/mol. The fourth-order valence-corrected chi connectivity index (χ4v) is 1.31. The van der Waals surface area contributed by atoms with Gasteiger partial charge in [-0.1, -0.05) is 6.92 Å². The molecule has 102 valence electrons. The second kappa shape index (κ2) is 8.02. The third-order valence-electron chi connectivity index (χ3n) is 2.15. The predicted octanol–water partition coefficient (Wildman–Crippen LogP) is 1.98. The maximum atomic E-state index is 11.6. The van der Waals surface area contributed by atoms with Crippen molar-refractivity contribution in [3.63, 3.8) is 0 Å². The Morgan fingerprint density at radius 1 is 1.32 bits per heavy atom. The van der Waals surface area contributed by atoms with Crippen molar-refractivity contribution in [2.24, 2.45) is 0 Å². The lowest BCUT2D eigenvalue weighted by Gasteiger charge is -2.09. The van der Waals surface area contributed by atoms with E-state index < -0.39 is 11.8 Å². The number of ether oxygens (including phenoxy) is 2. The van der Waals surface area contributed by atoms with Gasteiger partial charge in [0.25, 0.3) is 5.78 Å². The molecule has 1 rings (SSSR count). The van der Waals surface area contributed by atoms with Gasteiger partial charge in [0.2, 0.25) is 0 Å². The molecule has 0 aliphatic carbocycles. The molecule has 0 N–H and O–H groups in total.